The van der Waals surface area contributed by atoms with Gasteiger partial charge in [-0.1, -0.05) is 12.8 Å². The Bertz CT molecular complexity index is 396. The molecular formula is C12H16BrClFNO. The van der Waals surface area contributed by atoms with Gasteiger partial charge in [0.2, 0.25) is 0 Å². The Morgan fingerprint density at radius 2 is 1.94 bits per heavy atom. The topological polar surface area (TPSA) is 46.2 Å². The third-order valence-corrected chi connectivity index (χ3v) is 4.00. The van der Waals surface area contributed by atoms with Crippen LogP contribution in [0, 0.1) is 11.7 Å². The van der Waals surface area contributed by atoms with Crippen molar-refractivity contribution < 1.29 is 9.50 Å². The molecule has 2 nitrogen and oxygen atoms in total. The van der Waals surface area contributed by atoms with Gasteiger partial charge in [0.25, 0.3) is 0 Å². The summed E-state index contributed by atoms with van der Waals surface area (Å²) in [4.78, 5) is 0. The number of phenolic OH excluding ortho intramolecular Hbond substituents is 1. The summed E-state index contributed by atoms with van der Waals surface area (Å²) in [6.07, 6.45) is 4.34. The van der Waals surface area contributed by atoms with Crippen LogP contribution in [0.4, 0.5) is 4.39 Å². The monoisotopic (exact) mass is 323 g/mol. The van der Waals surface area contributed by atoms with Gasteiger partial charge in [-0.3, -0.25) is 0 Å². The molecule has 0 spiro atoms. The average molecular weight is 325 g/mol. The SMILES string of the molecule is Cl.N[C@@H](c1c(F)ccc(Br)c1O)C1CCCC1. The van der Waals surface area contributed by atoms with Crippen LogP contribution in [0.2, 0.25) is 0 Å². The number of nitrogens with two attached hydrogens (primary N) is 1. The summed E-state index contributed by atoms with van der Waals surface area (Å²) in [7, 11) is 0. The predicted molar refractivity (Wildman–Crippen MR) is 71.9 cm³/mol. The van der Waals surface area contributed by atoms with Crippen LogP contribution in [-0.4, -0.2) is 5.11 Å². The molecule has 0 aromatic heterocycles. The minimum Gasteiger partial charge on any atom is -0.506 e. The fourth-order valence-electron chi connectivity index (χ4n) is 2.43. The molecule has 1 aromatic rings. The van der Waals surface area contributed by atoms with E-state index in [1.807, 2.05) is 0 Å². The zero-order valence-electron chi connectivity index (χ0n) is 9.33. The number of hydrogen-bond acceptors (Lipinski definition) is 2. The molecule has 96 valence electrons. The van der Waals surface area contributed by atoms with Crippen molar-refractivity contribution in [2.75, 3.05) is 0 Å². The lowest BCUT2D eigenvalue weighted by molar-refractivity contribution is 0.395. The Morgan fingerprint density at radius 1 is 1.35 bits per heavy atom. The Labute approximate surface area is 115 Å². The molecule has 5 heteroatoms. The van der Waals surface area contributed by atoms with Gasteiger partial charge < -0.3 is 10.8 Å². The number of halogens is 3. The molecule has 0 aliphatic heterocycles. The third kappa shape index (κ3) is 2.92. The maximum Gasteiger partial charge on any atom is 0.137 e. The highest BCUT2D eigenvalue weighted by Gasteiger charge is 2.28. The second-order valence-electron chi connectivity index (χ2n) is 4.36. The Kier molecular flexibility index (Phi) is 5.22. The summed E-state index contributed by atoms with van der Waals surface area (Å²) in [5.41, 5.74) is 6.30. The second kappa shape index (κ2) is 6.03. The van der Waals surface area contributed by atoms with E-state index in [0.29, 0.717) is 4.47 Å². The average Bonchev–Trinajstić information content (AvgIpc) is 2.77. The van der Waals surface area contributed by atoms with E-state index in [-0.39, 0.29) is 29.6 Å². The quantitative estimate of drug-likeness (QED) is 0.866. The van der Waals surface area contributed by atoms with E-state index in [1.165, 1.54) is 12.1 Å². The van der Waals surface area contributed by atoms with Crippen molar-refractivity contribution in [1.82, 2.24) is 0 Å². The van der Waals surface area contributed by atoms with Crippen molar-refractivity contribution in [2.24, 2.45) is 11.7 Å². The predicted octanol–water partition coefficient (Wildman–Crippen LogP) is 3.91. The normalized spacial score (nSPS) is 17.8. The molecule has 17 heavy (non-hydrogen) atoms. The van der Waals surface area contributed by atoms with Crippen molar-refractivity contribution in [3.63, 3.8) is 0 Å². The maximum atomic E-state index is 13.7. The lowest BCUT2D eigenvalue weighted by Gasteiger charge is -2.21. The summed E-state index contributed by atoms with van der Waals surface area (Å²) in [5.74, 6) is -0.186. The first-order valence-corrected chi connectivity index (χ1v) is 6.33. The van der Waals surface area contributed by atoms with Crippen LogP contribution in [0.3, 0.4) is 0 Å². The van der Waals surface area contributed by atoms with Crippen LogP contribution < -0.4 is 5.73 Å². The van der Waals surface area contributed by atoms with Crippen molar-refractivity contribution in [3.05, 3.63) is 28.0 Å². The molecule has 0 amide bonds. The minimum absolute atomic E-state index is 0. The van der Waals surface area contributed by atoms with Gasteiger partial charge >= 0.3 is 0 Å². The summed E-state index contributed by atoms with van der Waals surface area (Å²) in [6, 6.07) is 2.43. The van der Waals surface area contributed by atoms with Gasteiger partial charge in [-0.2, -0.15) is 0 Å². The largest absolute Gasteiger partial charge is 0.506 e. The maximum absolute atomic E-state index is 13.7. The van der Waals surface area contributed by atoms with E-state index in [9.17, 15) is 9.50 Å². The zero-order chi connectivity index (χ0) is 11.7. The minimum atomic E-state index is -0.417. The summed E-state index contributed by atoms with van der Waals surface area (Å²) < 4.78 is 14.2. The number of phenols is 1. The van der Waals surface area contributed by atoms with Gasteiger partial charge in [0.1, 0.15) is 11.6 Å². The molecule has 1 atom stereocenters. The van der Waals surface area contributed by atoms with E-state index < -0.39 is 11.9 Å². The number of aromatic hydroxyl groups is 1. The molecule has 2 rings (SSSR count). The summed E-state index contributed by atoms with van der Waals surface area (Å²) >= 11 is 3.18. The Balaban J connectivity index is 0.00000144. The number of benzene rings is 1. The molecule has 0 heterocycles. The first-order chi connectivity index (χ1) is 7.61. The molecule has 1 fully saturated rings. The highest BCUT2D eigenvalue weighted by atomic mass is 79.9. The third-order valence-electron chi connectivity index (χ3n) is 3.36. The van der Waals surface area contributed by atoms with Crippen molar-refractivity contribution >= 4 is 28.3 Å². The zero-order valence-corrected chi connectivity index (χ0v) is 11.7. The summed E-state index contributed by atoms with van der Waals surface area (Å²) in [6.45, 7) is 0. The highest BCUT2D eigenvalue weighted by Crippen LogP contribution is 2.40. The molecule has 1 aliphatic rings. The van der Waals surface area contributed by atoms with Gasteiger partial charge in [-0.05, 0) is 46.8 Å². The van der Waals surface area contributed by atoms with Crippen LogP contribution in [-0.2, 0) is 0 Å². The lowest BCUT2D eigenvalue weighted by atomic mass is 9.91. The van der Waals surface area contributed by atoms with E-state index in [0.717, 1.165) is 25.7 Å². The van der Waals surface area contributed by atoms with Crippen LogP contribution in [0.15, 0.2) is 16.6 Å². The molecule has 0 bridgehead atoms. The van der Waals surface area contributed by atoms with Gasteiger partial charge in [0.15, 0.2) is 0 Å². The smallest absolute Gasteiger partial charge is 0.137 e. The summed E-state index contributed by atoms with van der Waals surface area (Å²) in [5, 5.41) is 9.84. The van der Waals surface area contributed by atoms with Crippen LogP contribution in [0.1, 0.15) is 37.3 Å². The molecule has 0 radical (unpaired) electrons. The molecule has 1 aromatic carbocycles. The molecule has 0 unspecified atom stereocenters. The number of hydrogen-bond donors (Lipinski definition) is 2. The lowest BCUT2D eigenvalue weighted by Crippen LogP contribution is -2.20. The van der Waals surface area contributed by atoms with Crippen molar-refractivity contribution in [2.45, 2.75) is 31.7 Å². The molecule has 1 saturated carbocycles. The molecule has 0 saturated heterocycles. The Morgan fingerprint density at radius 3 is 2.53 bits per heavy atom. The van der Waals surface area contributed by atoms with E-state index in [1.54, 1.807) is 0 Å². The fraction of sp³-hybridized carbons (Fsp3) is 0.500. The van der Waals surface area contributed by atoms with Crippen LogP contribution in [0.25, 0.3) is 0 Å². The van der Waals surface area contributed by atoms with E-state index >= 15 is 0 Å². The van der Waals surface area contributed by atoms with Gasteiger partial charge in [0.05, 0.1) is 4.47 Å². The second-order valence-corrected chi connectivity index (χ2v) is 5.22. The van der Waals surface area contributed by atoms with Crippen LogP contribution >= 0.6 is 28.3 Å². The van der Waals surface area contributed by atoms with Crippen molar-refractivity contribution in [1.29, 1.82) is 0 Å². The fourth-order valence-corrected chi connectivity index (χ4v) is 2.77. The molecule has 1 aliphatic carbocycles. The van der Waals surface area contributed by atoms with Crippen molar-refractivity contribution in [3.8, 4) is 5.75 Å². The highest BCUT2D eigenvalue weighted by molar-refractivity contribution is 9.10. The van der Waals surface area contributed by atoms with Gasteiger partial charge in [-0.25, -0.2) is 4.39 Å². The Hall–Kier alpha value is -0.320. The first-order valence-electron chi connectivity index (χ1n) is 5.53. The number of rotatable bonds is 2. The van der Waals surface area contributed by atoms with E-state index in [4.69, 9.17) is 5.73 Å². The van der Waals surface area contributed by atoms with Gasteiger partial charge in [0, 0.05) is 11.6 Å². The van der Waals surface area contributed by atoms with Gasteiger partial charge in [-0.15, -0.1) is 12.4 Å². The van der Waals surface area contributed by atoms with Crippen LogP contribution in [0.5, 0.6) is 5.75 Å². The molecular weight excluding hydrogens is 308 g/mol. The standard InChI is InChI=1S/C12H15BrFNO.ClH/c13-8-5-6-9(14)10(12(8)16)11(15)7-3-1-2-4-7;/h5-7,11,16H,1-4,15H2;1H/t11-;/m1./s1. The molecule has 3 N–H and O–H groups in total. The first kappa shape index (κ1) is 14.7. The van der Waals surface area contributed by atoms with E-state index in [2.05, 4.69) is 15.9 Å².